The topological polar surface area (TPSA) is 59.3 Å². The molecule has 4 rings (SSSR count). The summed E-state index contributed by atoms with van der Waals surface area (Å²) in [4.78, 5) is 20.7. The Labute approximate surface area is 169 Å². The van der Waals surface area contributed by atoms with Gasteiger partial charge in [-0.2, -0.15) is 13.2 Å². The first-order valence-corrected chi connectivity index (χ1v) is 8.78. The monoisotopic (exact) mass is 406 g/mol. The van der Waals surface area contributed by atoms with Crippen molar-refractivity contribution in [1.29, 1.82) is 0 Å². The number of fused-ring (bicyclic) bond motifs is 1. The van der Waals surface area contributed by atoms with Crippen LogP contribution in [0.3, 0.4) is 0 Å². The van der Waals surface area contributed by atoms with Crippen molar-refractivity contribution in [2.75, 3.05) is 5.32 Å². The first kappa shape index (κ1) is 19.2. The van der Waals surface area contributed by atoms with Crippen LogP contribution in [0.15, 0.2) is 73.3 Å². The van der Waals surface area contributed by atoms with Gasteiger partial charge in [0.1, 0.15) is 11.3 Å². The predicted octanol–water partition coefficient (Wildman–Crippen LogP) is 4.40. The lowest BCUT2D eigenvalue weighted by molar-refractivity contribution is -0.137. The molecular formula is C22H13F3N4O. The van der Waals surface area contributed by atoms with E-state index in [0.29, 0.717) is 11.3 Å². The minimum absolute atomic E-state index is 0.0389. The lowest BCUT2D eigenvalue weighted by Gasteiger charge is -2.10. The Hall–Kier alpha value is -4.12. The molecule has 0 bridgehead atoms. The fourth-order valence-corrected chi connectivity index (χ4v) is 2.77. The number of aromatic nitrogens is 3. The van der Waals surface area contributed by atoms with Gasteiger partial charge in [0.25, 0.3) is 5.91 Å². The maximum atomic E-state index is 12.8. The highest BCUT2D eigenvalue weighted by molar-refractivity contribution is 6.04. The van der Waals surface area contributed by atoms with Crippen LogP contribution in [-0.2, 0) is 6.18 Å². The van der Waals surface area contributed by atoms with Gasteiger partial charge in [0.2, 0.25) is 0 Å². The summed E-state index contributed by atoms with van der Waals surface area (Å²) < 4.78 is 40.3. The molecule has 148 valence electrons. The third-order valence-corrected chi connectivity index (χ3v) is 4.20. The van der Waals surface area contributed by atoms with E-state index in [9.17, 15) is 18.0 Å². The van der Waals surface area contributed by atoms with Crippen LogP contribution < -0.4 is 5.32 Å². The van der Waals surface area contributed by atoms with E-state index in [0.717, 1.165) is 17.8 Å². The fraction of sp³-hybridized carbons (Fsp3) is 0.0455. The highest BCUT2D eigenvalue weighted by Gasteiger charge is 2.30. The summed E-state index contributed by atoms with van der Waals surface area (Å²) >= 11 is 0. The van der Waals surface area contributed by atoms with Crippen LogP contribution in [-0.4, -0.2) is 20.3 Å². The summed E-state index contributed by atoms with van der Waals surface area (Å²) in [7, 11) is 0. The van der Waals surface area contributed by atoms with Crippen molar-refractivity contribution >= 4 is 17.2 Å². The SMILES string of the molecule is O=C(Nc1cccc(C(F)(F)F)c1)c1cncc(C#Cc2cnc3ccccn23)c1. The number of amides is 1. The number of nitrogens with zero attached hydrogens (tertiary/aromatic N) is 3. The van der Waals surface area contributed by atoms with E-state index in [-0.39, 0.29) is 11.3 Å². The standard InChI is InChI=1S/C22H13F3N4O/c23-22(24,25)17-4-3-5-18(11-17)28-21(30)16-10-15(12-26-13-16)7-8-19-14-27-20-6-1-2-9-29(19)20/h1-6,9-14H,(H,28,30). The van der Waals surface area contributed by atoms with Crippen LogP contribution >= 0.6 is 0 Å². The first-order chi connectivity index (χ1) is 14.4. The molecule has 0 radical (unpaired) electrons. The largest absolute Gasteiger partial charge is 0.416 e. The zero-order chi connectivity index (χ0) is 21.1. The molecule has 0 spiro atoms. The molecule has 8 heteroatoms. The number of halogens is 3. The number of rotatable bonds is 2. The second-order valence-electron chi connectivity index (χ2n) is 6.32. The fourth-order valence-electron chi connectivity index (χ4n) is 2.77. The Morgan fingerprint density at radius 1 is 1.00 bits per heavy atom. The number of benzene rings is 1. The Balaban J connectivity index is 1.55. The Morgan fingerprint density at radius 3 is 2.70 bits per heavy atom. The molecule has 0 fully saturated rings. The second-order valence-corrected chi connectivity index (χ2v) is 6.32. The summed E-state index contributed by atoms with van der Waals surface area (Å²) in [5, 5.41) is 2.45. The first-order valence-electron chi connectivity index (χ1n) is 8.78. The van der Waals surface area contributed by atoms with E-state index in [1.165, 1.54) is 30.6 Å². The molecule has 0 atom stereocenters. The van der Waals surface area contributed by atoms with Gasteiger partial charge in [-0.25, -0.2) is 4.98 Å². The summed E-state index contributed by atoms with van der Waals surface area (Å²) in [5.74, 6) is 5.32. The Bertz CT molecular complexity index is 1300. The molecule has 30 heavy (non-hydrogen) atoms. The highest BCUT2D eigenvalue weighted by atomic mass is 19.4. The second kappa shape index (κ2) is 7.72. The van der Waals surface area contributed by atoms with Gasteiger partial charge in [-0.15, -0.1) is 0 Å². The van der Waals surface area contributed by atoms with Crippen LogP contribution in [0.2, 0.25) is 0 Å². The highest BCUT2D eigenvalue weighted by Crippen LogP contribution is 2.30. The Morgan fingerprint density at radius 2 is 1.87 bits per heavy atom. The smallest absolute Gasteiger partial charge is 0.322 e. The van der Waals surface area contributed by atoms with Crippen LogP contribution in [0.5, 0.6) is 0 Å². The summed E-state index contributed by atoms with van der Waals surface area (Å²) in [5.41, 5.74) is 1.29. The molecule has 1 amide bonds. The Kier molecular flexibility index (Phi) is 4.94. The van der Waals surface area contributed by atoms with E-state index in [1.54, 1.807) is 6.20 Å². The molecule has 3 aromatic heterocycles. The molecule has 1 aromatic carbocycles. The lowest BCUT2D eigenvalue weighted by atomic mass is 10.1. The van der Waals surface area contributed by atoms with Crippen LogP contribution in [0.4, 0.5) is 18.9 Å². The van der Waals surface area contributed by atoms with Crippen molar-refractivity contribution in [2.24, 2.45) is 0 Å². The van der Waals surface area contributed by atoms with E-state index in [2.05, 4.69) is 27.1 Å². The number of anilines is 1. The molecule has 0 aliphatic carbocycles. The zero-order valence-corrected chi connectivity index (χ0v) is 15.3. The molecule has 0 unspecified atom stereocenters. The molecule has 0 aliphatic rings. The quantitative estimate of drug-likeness (QED) is 0.502. The van der Waals surface area contributed by atoms with Crippen molar-refractivity contribution in [3.8, 4) is 11.8 Å². The van der Waals surface area contributed by atoms with Crippen molar-refractivity contribution in [1.82, 2.24) is 14.4 Å². The molecule has 0 aliphatic heterocycles. The summed E-state index contributed by atoms with van der Waals surface area (Å²) in [6.45, 7) is 0. The molecule has 1 N–H and O–H groups in total. The minimum Gasteiger partial charge on any atom is -0.322 e. The number of nitrogens with one attached hydrogen (secondary N) is 1. The number of carbonyl (C=O) groups excluding carboxylic acids is 1. The number of pyridine rings is 2. The molecule has 3 heterocycles. The summed E-state index contributed by atoms with van der Waals surface area (Å²) in [6, 6.07) is 11.5. The average molecular weight is 406 g/mol. The normalized spacial score (nSPS) is 11.0. The maximum Gasteiger partial charge on any atom is 0.416 e. The van der Waals surface area contributed by atoms with Crippen molar-refractivity contribution < 1.29 is 18.0 Å². The molecule has 0 saturated carbocycles. The van der Waals surface area contributed by atoms with Crippen LogP contribution in [0, 0.1) is 11.8 Å². The third-order valence-electron chi connectivity index (χ3n) is 4.20. The van der Waals surface area contributed by atoms with Gasteiger partial charge in [0, 0.05) is 29.8 Å². The number of hydrogen-bond donors (Lipinski definition) is 1. The van der Waals surface area contributed by atoms with Crippen LogP contribution in [0.1, 0.15) is 27.2 Å². The van der Waals surface area contributed by atoms with Gasteiger partial charge in [0.15, 0.2) is 0 Å². The van der Waals surface area contributed by atoms with E-state index in [4.69, 9.17) is 0 Å². The van der Waals surface area contributed by atoms with Gasteiger partial charge in [-0.1, -0.05) is 18.1 Å². The number of alkyl halides is 3. The lowest BCUT2D eigenvalue weighted by Crippen LogP contribution is -2.13. The van der Waals surface area contributed by atoms with E-state index in [1.807, 2.05) is 28.8 Å². The number of carbonyl (C=O) groups is 1. The number of imidazole rings is 1. The van der Waals surface area contributed by atoms with E-state index >= 15 is 0 Å². The van der Waals surface area contributed by atoms with Crippen molar-refractivity contribution in [3.63, 3.8) is 0 Å². The molecule has 4 aromatic rings. The van der Waals surface area contributed by atoms with Crippen LogP contribution in [0.25, 0.3) is 5.65 Å². The van der Waals surface area contributed by atoms with Crippen molar-refractivity contribution in [3.05, 3.63) is 95.7 Å². The van der Waals surface area contributed by atoms with Gasteiger partial charge in [0.05, 0.1) is 17.3 Å². The van der Waals surface area contributed by atoms with Gasteiger partial charge in [-0.05, 0) is 42.3 Å². The minimum atomic E-state index is -4.49. The van der Waals surface area contributed by atoms with Gasteiger partial charge >= 0.3 is 6.18 Å². The number of hydrogen-bond acceptors (Lipinski definition) is 3. The molecular weight excluding hydrogens is 393 g/mol. The van der Waals surface area contributed by atoms with Gasteiger partial charge in [-0.3, -0.25) is 14.2 Å². The van der Waals surface area contributed by atoms with Gasteiger partial charge < -0.3 is 5.32 Å². The maximum absolute atomic E-state index is 12.8. The molecule has 5 nitrogen and oxygen atoms in total. The molecule has 0 saturated heterocycles. The van der Waals surface area contributed by atoms with Crippen molar-refractivity contribution in [2.45, 2.75) is 6.18 Å². The average Bonchev–Trinajstić information content (AvgIpc) is 3.15. The third kappa shape index (κ3) is 4.15. The predicted molar refractivity (Wildman–Crippen MR) is 105 cm³/mol. The van der Waals surface area contributed by atoms with E-state index < -0.39 is 17.6 Å². The zero-order valence-electron chi connectivity index (χ0n) is 15.3. The summed E-state index contributed by atoms with van der Waals surface area (Å²) in [6.07, 6.45) is 1.80.